The van der Waals surface area contributed by atoms with Crippen LogP contribution in [-0.2, 0) is 34.0 Å². The van der Waals surface area contributed by atoms with Gasteiger partial charge in [-0.1, -0.05) is 24.3 Å². The quantitative estimate of drug-likeness (QED) is 0.713. The van der Waals surface area contributed by atoms with Crippen LogP contribution in [-0.4, -0.2) is 31.7 Å². The minimum Gasteiger partial charge on any atom is -0.352 e. The molecular formula is C21H23F3N2O3S. The Hall–Kier alpha value is -2.39. The molecule has 0 radical (unpaired) electrons. The van der Waals surface area contributed by atoms with Gasteiger partial charge in [0.25, 0.3) is 0 Å². The van der Waals surface area contributed by atoms with E-state index in [1.165, 1.54) is 16.4 Å². The van der Waals surface area contributed by atoms with E-state index in [2.05, 4.69) is 5.32 Å². The molecule has 9 heteroatoms. The lowest BCUT2D eigenvalue weighted by atomic mass is 10.1. The van der Waals surface area contributed by atoms with E-state index < -0.39 is 21.8 Å². The molecule has 1 heterocycles. The maximum Gasteiger partial charge on any atom is 0.416 e. The van der Waals surface area contributed by atoms with E-state index in [1.54, 1.807) is 24.3 Å². The monoisotopic (exact) mass is 440 g/mol. The van der Waals surface area contributed by atoms with Crippen LogP contribution in [0.15, 0.2) is 53.4 Å². The minimum atomic E-state index is -4.38. The molecule has 30 heavy (non-hydrogen) atoms. The zero-order valence-corrected chi connectivity index (χ0v) is 17.1. The molecule has 1 N–H and O–H groups in total. The van der Waals surface area contributed by atoms with Crippen molar-refractivity contribution in [2.75, 3.05) is 13.1 Å². The minimum absolute atomic E-state index is 0.143. The topological polar surface area (TPSA) is 66.5 Å². The van der Waals surface area contributed by atoms with Gasteiger partial charge in [-0.25, -0.2) is 8.42 Å². The van der Waals surface area contributed by atoms with Crippen LogP contribution < -0.4 is 5.32 Å². The van der Waals surface area contributed by atoms with Crippen molar-refractivity contribution in [2.45, 2.75) is 43.3 Å². The maximum atomic E-state index is 12.6. The van der Waals surface area contributed by atoms with E-state index in [1.807, 2.05) is 0 Å². The van der Waals surface area contributed by atoms with E-state index in [4.69, 9.17) is 0 Å². The molecule has 0 aliphatic carbocycles. The summed E-state index contributed by atoms with van der Waals surface area (Å²) in [5.41, 5.74) is 0.681. The van der Waals surface area contributed by atoms with E-state index in [0.717, 1.165) is 30.5 Å². The van der Waals surface area contributed by atoms with E-state index >= 15 is 0 Å². The molecule has 5 nitrogen and oxygen atoms in total. The van der Waals surface area contributed by atoms with Crippen LogP contribution in [0, 0.1) is 0 Å². The first-order valence-corrected chi connectivity index (χ1v) is 11.1. The van der Waals surface area contributed by atoms with Crippen molar-refractivity contribution in [1.82, 2.24) is 9.62 Å². The summed E-state index contributed by atoms with van der Waals surface area (Å²) in [7, 11) is -3.45. The number of rotatable bonds is 7. The summed E-state index contributed by atoms with van der Waals surface area (Å²) in [5.74, 6) is -0.233. The number of hydrogen-bond acceptors (Lipinski definition) is 3. The van der Waals surface area contributed by atoms with Crippen molar-refractivity contribution in [1.29, 1.82) is 0 Å². The number of carbonyl (C=O) groups is 1. The van der Waals surface area contributed by atoms with Crippen molar-refractivity contribution < 1.29 is 26.4 Å². The Bertz CT molecular complexity index is 966. The third-order valence-corrected chi connectivity index (χ3v) is 6.95. The smallest absolute Gasteiger partial charge is 0.352 e. The fourth-order valence-electron chi connectivity index (χ4n) is 3.26. The lowest BCUT2D eigenvalue weighted by Gasteiger charge is -2.15. The van der Waals surface area contributed by atoms with Crippen LogP contribution in [0.2, 0.25) is 0 Å². The number of benzene rings is 2. The van der Waals surface area contributed by atoms with Gasteiger partial charge >= 0.3 is 6.18 Å². The second-order valence-corrected chi connectivity index (χ2v) is 9.16. The highest BCUT2D eigenvalue weighted by Gasteiger charge is 2.30. The van der Waals surface area contributed by atoms with Gasteiger partial charge in [-0.3, -0.25) is 4.79 Å². The number of nitrogens with zero attached hydrogens (tertiary/aromatic N) is 1. The van der Waals surface area contributed by atoms with Gasteiger partial charge in [0, 0.05) is 26.1 Å². The second-order valence-electron chi connectivity index (χ2n) is 7.23. The van der Waals surface area contributed by atoms with E-state index in [0.29, 0.717) is 25.1 Å². The molecular weight excluding hydrogens is 417 g/mol. The molecule has 1 aliphatic heterocycles. The highest BCUT2D eigenvalue weighted by atomic mass is 32.2. The number of aryl methyl sites for hydroxylation is 1. The number of hydrogen-bond donors (Lipinski definition) is 1. The van der Waals surface area contributed by atoms with Crippen LogP contribution in [0.1, 0.15) is 36.0 Å². The fourth-order valence-corrected chi connectivity index (χ4v) is 4.78. The van der Waals surface area contributed by atoms with Gasteiger partial charge in [-0.15, -0.1) is 0 Å². The molecule has 3 rings (SSSR count). The van der Waals surface area contributed by atoms with E-state index in [9.17, 15) is 26.4 Å². The van der Waals surface area contributed by atoms with Gasteiger partial charge in [0.1, 0.15) is 0 Å². The van der Waals surface area contributed by atoms with Gasteiger partial charge in [0.15, 0.2) is 0 Å². The van der Waals surface area contributed by atoms with Gasteiger partial charge in [0.2, 0.25) is 15.9 Å². The van der Waals surface area contributed by atoms with Gasteiger partial charge in [-0.2, -0.15) is 17.5 Å². The average molecular weight is 440 g/mol. The highest BCUT2D eigenvalue weighted by molar-refractivity contribution is 7.89. The average Bonchev–Trinajstić information content (AvgIpc) is 3.26. The first-order valence-electron chi connectivity index (χ1n) is 9.68. The predicted octanol–water partition coefficient (Wildman–Crippen LogP) is 3.74. The predicted molar refractivity (Wildman–Crippen MR) is 106 cm³/mol. The summed E-state index contributed by atoms with van der Waals surface area (Å²) in [6.07, 6.45) is -2.01. The largest absolute Gasteiger partial charge is 0.416 e. The Morgan fingerprint density at radius 1 is 0.933 bits per heavy atom. The Morgan fingerprint density at radius 3 is 2.07 bits per heavy atom. The molecule has 1 aliphatic rings. The third-order valence-electron chi connectivity index (χ3n) is 5.04. The highest BCUT2D eigenvalue weighted by Crippen LogP contribution is 2.29. The number of carbonyl (C=O) groups excluding carboxylic acids is 1. The normalized spacial score (nSPS) is 15.3. The first kappa shape index (κ1) is 22.3. The van der Waals surface area contributed by atoms with Crippen molar-refractivity contribution in [3.63, 3.8) is 0 Å². The molecule has 162 valence electrons. The van der Waals surface area contributed by atoms with Crippen molar-refractivity contribution in [3.8, 4) is 0 Å². The number of alkyl halides is 3. The zero-order chi connectivity index (χ0) is 21.8. The SMILES string of the molecule is O=C(CCc1ccc(S(=O)(=O)N2CCCC2)cc1)NCc1ccc(C(F)(F)F)cc1. The summed E-state index contributed by atoms with van der Waals surface area (Å²) in [4.78, 5) is 12.3. The third kappa shape index (κ3) is 5.60. The summed E-state index contributed by atoms with van der Waals surface area (Å²) >= 11 is 0. The van der Waals surface area contributed by atoms with Gasteiger partial charge in [0.05, 0.1) is 10.5 Å². The zero-order valence-electron chi connectivity index (χ0n) is 16.3. The van der Waals surface area contributed by atoms with Crippen molar-refractivity contribution in [3.05, 3.63) is 65.2 Å². The fraction of sp³-hybridized carbons (Fsp3) is 0.381. The van der Waals surface area contributed by atoms with Gasteiger partial charge < -0.3 is 5.32 Å². The van der Waals surface area contributed by atoms with Crippen LogP contribution in [0.3, 0.4) is 0 Å². The van der Waals surface area contributed by atoms with Crippen LogP contribution in [0.25, 0.3) is 0 Å². The van der Waals surface area contributed by atoms with Gasteiger partial charge in [-0.05, 0) is 54.7 Å². The van der Waals surface area contributed by atoms with Crippen molar-refractivity contribution >= 4 is 15.9 Å². The number of amides is 1. The second kappa shape index (κ2) is 9.18. The molecule has 0 saturated carbocycles. The van der Waals surface area contributed by atoms with Crippen LogP contribution in [0.4, 0.5) is 13.2 Å². The summed E-state index contributed by atoms with van der Waals surface area (Å²) in [6, 6.07) is 11.2. The molecule has 0 spiro atoms. The molecule has 1 amide bonds. The first-order chi connectivity index (χ1) is 14.2. The standard InChI is InChI=1S/C21H23F3N2O3S/c22-21(23,24)18-8-3-17(4-9-18)15-25-20(27)12-7-16-5-10-19(11-6-16)30(28,29)26-13-1-2-14-26/h3-6,8-11H,1-2,7,12-15H2,(H,25,27). The molecule has 0 aromatic heterocycles. The lowest BCUT2D eigenvalue weighted by molar-refractivity contribution is -0.137. The Labute approximate surface area is 173 Å². The Balaban J connectivity index is 1.48. The molecule has 2 aromatic rings. The number of halogens is 3. The summed E-state index contributed by atoms with van der Waals surface area (Å²) < 4.78 is 64.2. The molecule has 0 atom stereocenters. The van der Waals surface area contributed by atoms with Crippen LogP contribution >= 0.6 is 0 Å². The maximum absolute atomic E-state index is 12.6. The van der Waals surface area contributed by atoms with Crippen LogP contribution in [0.5, 0.6) is 0 Å². The Kier molecular flexibility index (Phi) is 6.82. The Morgan fingerprint density at radius 2 is 1.50 bits per heavy atom. The molecule has 0 bridgehead atoms. The summed E-state index contributed by atoms with van der Waals surface area (Å²) in [5, 5.41) is 2.68. The summed E-state index contributed by atoms with van der Waals surface area (Å²) in [6.45, 7) is 1.23. The molecule has 1 fully saturated rings. The number of nitrogens with one attached hydrogen (secondary N) is 1. The van der Waals surface area contributed by atoms with E-state index in [-0.39, 0.29) is 23.8 Å². The molecule has 2 aromatic carbocycles. The van der Waals surface area contributed by atoms with Crippen molar-refractivity contribution in [2.24, 2.45) is 0 Å². The number of sulfonamides is 1. The lowest BCUT2D eigenvalue weighted by Crippen LogP contribution is -2.27. The molecule has 1 saturated heterocycles. The molecule has 0 unspecified atom stereocenters.